The van der Waals surface area contributed by atoms with Gasteiger partial charge in [0.2, 0.25) is 0 Å². The van der Waals surface area contributed by atoms with Crippen LogP contribution in [0.2, 0.25) is 0 Å². The second-order valence-electron chi connectivity index (χ2n) is 5.24. The van der Waals surface area contributed by atoms with Gasteiger partial charge in [-0.3, -0.25) is 0 Å². The minimum Gasteiger partial charge on any atom is -0.316 e. The van der Waals surface area contributed by atoms with Crippen LogP contribution in [0, 0.1) is 5.41 Å². The molecule has 1 spiro atoms. The molecule has 86 valence electrons. The predicted octanol–water partition coefficient (Wildman–Crippen LogP) is 2.03. The summed E-state index contributed by atoms with van der Waals surface area (Å²) in [6, 6.07) is 0. The number of hydrogen-bond donors (Lipinski definition) is 1. The van der Waals surface area contributed by atoms with Gasteiger partial charge in [-0.1, -0.05) is 6.08 Å². The summed E-state index contributed by atoms with van der Waals surface area (Å²) in [5.41, 5.74) is 0.609. The molecule has 0 aromatic rings. The molecule has 0 saturated carbocycles. The zero-order valence-electron chi connectivity index (χ0n) is 9.80. The molecule has 0 amide bonds. The summed E-state index contributed by atoms with van der Waals surface area (Å²) in [5, 5.41) is 3.58. The monoisotopic (exact) mass is 208 g/mol. The van der Waals surface area contributed by atoms with E-state index in [2.05, 4.69) is 16.8 Å². The first-order valence-corrected chi connectivity index (χ1v) is 6.39. The van der Waals surface area contributed by atoms with Crippen molar-refractivity contribution in [2.24, 2.45) is 5.41 Å². The summed E-state index contributed by atoms with van der Waals surface area (Å²) in [7, 11) is 0. The Kier molecular flexibility index (Phi) is 3.81. The van der Waals surface area contributed by atoms with Gasteiger partial charge in [0.25, 0.3) is 0 Å². The molecular weight excluding hydrogens is 184 g/mol. The molecule has 2 saturated heterocycles. The van der Waals surface area contributed by atoms with Crippen LogP contribution in [-0.4, -0.2) is 37.6 Å². The summed E-state index contributed by atoms with van der Waals surface area (Å²) in [6.45, 7) is 10.1. The predicted molar refractivity (Wildman–Crippen MR) is 65.0 cm³/mol. The normalized spacial score (nSPS) is 33.1. The largest absolute Gasteiger partial charge is 0.316 e. The molecule has 2 aliphatic rings. The van der Waals surface area contributed by atoms with Crippen molar-refractivity contribution in [3.63, 3.8) is 0 Å². The fraction of sp³-hybridized carbons (Fsp3) is 0.846. The smallest absolute Gasteiger partial charge is 0.00503 e. The second kappa shape index (κ2) is 5.13. The SMILES string of the molecule is C=CCCN1CCCC2(CCCNC2)C1. The van der Waals surface area contributed by atoms with Gasteiger partial charge in [-0.15, -0.1) is 6.58 Å². The fourth-order valence-corrected chi connectivity index (χ4v) is 3.15. The van der Waals surface area contributed by atoms with E-state index in [0.29, 0.717) is 5.41 Å². The number of likely N-dealkylation sites (tertiary alicyclic amines) is 1. The lowest BCUT2D eigenvalue weighted by Crippen LogP contribution is -2.51. The highest BCUT2D eigenvalue weighted by molar-refractivity contribution is 4.91. The molecule has 2 heteroatoms. The number of rotatable bonds is 3. The van der Waals surface area contributed by atoms with Crippen molar-refractivity contribution in [3.05, 3.63) is 12.7 Å². The first-order valence-electron chi connectivity index (χ1n) is 6.39. The number of nitrogens with zero attached hydrogens (tertiary/aromatic N) is 1. The van der Waals surface area contributed by atoms with Crippen LogP contribution in [0.3, 0.4) is 0 Å². The molecule has 0 radical (unpaired) electrons. The third-order valence-electron chi connectivity index (χ3n) is 3.95. The molecular formula is C13H24N2. The van der Waals surface area contributed by atoms with Gasteiger partial charge in [0.15, 0.2) is 0 Å². The van der Waals surface area contributed by atoms with Crippen LogP contribution in [0.4, 0.5) is 0 Å². The summed E-state index contributed by atoms with van der Waals surface area (Å²) in [4.78, 5) is 2.64. The molecule has 0 aromatic carbocycles. The van der Waals surface area contributed by atoms with Gasteiger partial charge in [0, 0.05) is 19.6 Å². The third kappa shape index (κ3) is 2.82. The Morgan fingerprint density at radius 1 is 1.33 bits per heavy atom. The van der Waals surface area contributed by atoms with Crippen molar-refractivity contribution < 1.29 is 0 Å². The Morgan fingerprint density at radius 2 is 2.20 bits per heavy atom. The van der Waals surface area contributed by atoms with E-state index in [-0.39, 0.29) is 0 Å². The summed E-state index contributed by atoms with van der Waals surface area (Å²) >= 11 is 0. The van der Waals surface area contributed by atoms with Gasteiger partial charge in [-0.05, 0) is 50.6 Å². The lowest BCUT2D eigenvalue weighted by atomic mass is 9.74. The zero-order valence-corrected chi connectivity index (χ0v) is 9.80. The van der Waals surface area contributed by atoms with E-state index in [9.17, 15) is 0 Å². The highest BCUT2D eigenvalue weighted by Gasteiger charge is 2.35. The van der Waals surface area contributed by atoms with E-state index in [0.717, 1.165) is 6.42 Å². The molecule has 0 bridgehead atoms. The zero-order chi connectivity index (χ0) is 10.6. The third-order valence-corrected chi connectivity index (χ3v) is 3.95. The van der Waals surface area contributed by atoms with E-state index in [1.807, 2.05) is 6.08 Å². The molecule has 1 N–H and O–H groups in total. The molecule has 2 aliphatic heterocycles. The van der Waals surface area contributed by atoms with Crippen LogP contribution >= 0.6 is 0 Å². The lowest BCUT2D eigenvalue weighted by molar-refractivity contribution is 0.0658. The molecule has 0 aromatic heterocycles. The van der Waals surface area contributed by atoms with Crippen LogP contribution in [0.5, 0.6) is 0 Å². The molecule has 0 aliphatic carbocycles. The van der Waals surface area contributed by atoms with Crippen LogP contribution < -0.4 is 5.32 Å². The van der Waals surface area contributed by atoms with E-state index in [4.69, 9.17) is 0 Å². The number of nitrogens with one attached hydrogen (secondary N) is 1. The Morgan fingerprint density at radius 3 is 2.93 bits per heavy atom. The molecule has 2 nitrogen and oxygen atoms in total. The van der Waals surface area contributed by atoms with E-state index < -0.39 is 0 Å². The van der Waals surface area contributed by atoms with E-state index >= 15 is 0 Å². The quantitative estimate of drug-likeness (QED) is 0.714. The molecule has 2 fully saturated rings. The summed E-state index contributed by atoms with van der Waals surface area (Å²) in [5.74, 6) is 0. The van der Waals surface area contributed by atoms with Crippen molar-refractivity contribution in [1.82, 2.24) is 10.2 Å². The maximum atomic E-state index is 3.81. The summed E-state index contributed by atoms with van der Waals surface area (Å²) < 4.78 is 0. The van der Waals surface area contributed by atoms with Crippen molar-refractivity contribution >= 4 is 0 Å². The molecule has 1 unspecified atom stereocenters. The van der Waals surface area contributed by atoms with Crippen LogP contribution in [0.25, 0.3) is 0 Å². The minimum absolute atomic E-state index is 0.609. The van der Waals surface area contributed by atoms with Crippen LogP contribution in [0.1, 0.15) is 32.1 Å². The molecule has 15 heavy (non-hydrogen) atoms. The summed E-state index contributed by atoms with van der Waals surface area (Å²) in [6.07, 6.45) is 8.81. The van der Waals surface area contributed by atoms with Gasteiger partial charge in [0.1, 0.15) is 0 Å². The minimum atomic E-state index is 0.609. The standard InChI is InChI=1S/C13H24N2/c1-2-3-9-15-10-5-7-13(12-15)6-4-8-14-11-13/h2,14H,1,3-12H2. The lowest BCUT2D eigenvalue weighted by Gasteiger charge is -2.45. The first kappa shape index (κ1) is 11.2. The molecule has 2 rings (SSSR count). The average Bonchev–Trinajstić information content (AvgIpc) is 2.28. The van der Waals surface area contributed by atoms with Crippen molar-refractivity contribution in [2.75, 3.05) is 32.7 Å². The topological polar surface area (TPSA) is 15.3 Å². The molecule has 2 heterocycles. The van der Waals surface area contributed by atoms with Gasteiger partial charge in [-0.2, -0.15) is 0 Å². The Hall–Kier alpha value is -0.340. The van der Waals surface area contributed by atoms with Crippen molar-refractivity contribution in [2.45, 2.75) is 32.1 Å². The second-order valence-corrected chi connectivity index (χ2v) is 5.24. The highest BCUT2D eigenvalue weighted by Crippen LogP contribution is 2.35. The first-order chi connectivity index (χ1) is 7.35. The van der Waals surface area contributed by atoms with Gasteiger partial charge >= 0.3 is 0 Å². The van der Waals surface area contributed by atoms with E-state index in [1.54, 1.807) is 0 Å². The van der Waals surface area contributed by atoms with Gasteiger partial charge in [0.05, 0.1) is 0 Å². The Labute approximate surface area is 93.7 Å². The van der Waals surface area contributed by atoms with Crippen molar-refractivity contribution in [1.29, 1.82) is 0 Å². The molecule has 1 atom stereocenters. The Balaban J connectivity index is 1.87. The Bertz CT molecular complexity index is 201. The van der Waals surface area contributed by atoms with Gasteiger partial charge in [-0.25, -0.2) is 0 Å². The maximum absolute atomic E-state index is 3.81. The highest BCUT2D eigenvalue weighted by atomic mass is 15.1. The van der Waals surface area contributed by atoms with E-state index in [1.165, 1.54) is 58.4 Å². The van der Waals surface area contributed by atoms with Gasteiger partial charge < -0.3 is 10.2 Å². The fourth-order valence-electron chi connectivity index (χ4n) is 3.15. The van der Waals surface area contributed by atoms with Crippen molar-refractivity contribution in [3.8, 4) is 0 Å². The van der Waals surface area contributed by atoms with Crippen LogP contribution in [0.15, 0.2) is 12.7 Å². The number of hydrogen-bond acceptors (Lipinski definition) is 2. The maximum Gasteiger partial charge on any atom is 0.00503 e. The average molecular weight is 208 g/mol. The van der Waals surface area contributed by atoms with Crippen LogP contribution in [-0.2, 0) is 0 Å². The number of piperidine rings is 2.